The van der Waals surface area contributed by atoms with Crippen LogP contribution in [0, 0.1) is 0 Å². The minimum atomic E-state index is 0.0597. The van der Waals surface area contributed by atoms with Crippen LogP contribution in [0.4, 0.5) is 0 Å². The van der Waals surface area contributed by atoms with Crippen LogP contribution >= 0.6 is 23.1 Å². The third-order valence-electron chi connectivity index (χ3n) is 2.98. The molecule has 0 unspecified atom stereocenters. The van der Waals surface area contributed by atoms with Gasteiger partial charge in [0.25, 0.3) is 5.91 Å². The molecule has 1 aliphatic rings. The van der Waals surface area contributed by atoms with E-state index in [4.69, 9.17) is 0 Å². The fourth-order valence-corrected chi connectivity index (χ4v) is 3.63. The van der Waals surface area contributed by atoms with Crippen molar-refractivity contribution in [2.75, 3.05) is 45.5 Å². The molecule has 0 aromatic carbocycles. The number of thioether (sulfide) groups is 1. The number of carbonyl (C=O) groups excluding carboxylic acids is 1. The number of carbonyl (C=O) groups is 1. The number of hydrogen-bond donors (Lipinski definition) is 2. The Morgan fingerprint density at radius 3 is 3.06 bits per heavy atom. The number of nitrogens with one attached hydrogen (secondary N) is 2. The lowest BCUT2D eigenvalue weighted by Crippen LogP contribution is -2.46. The number of amides is 1. The predicted octanol–water partition coefficient (Wildman–Crippen LogP) is 1.10. The molecule has 0 atom stereocenters. The normalized spacial score (nSPS) is 16.7. The number of hydrogen-bond acceptors (Lipinski definition) is 5. The molecular formula is C12H19N3OS2. The third-order valence-corrected chi connectivity index (χ3v) is 4.80. The fourth-order valence-electron chi connectivity index (χ4n) is 1.97. The summed E-state index contributed by atoms with van der Waals surface area (Å²) in [5, 5.41) is 8.29. The fraction of sp³-hybridized carbons (Fsp3) is 0.583. The monoisotopic (exact) mass is 285 g/mol. The van der Waals surface area contributed by atoms with Crippen LogP contribution in [0.3, 0.4) is 0 Å². The Balaban J connectivity index is 1.74. The molecule has 1 amide bonds. The van der Waals surface area contributed by atoms with Crippen molar-refractivity contribution in [3.05, 3.63) is 16.3 Å². The van der Waals surface area contributed by atoms with Crippen LogP contribution in [-0.2, 0) is 0 Å². The van der Waals surface area contributed by atoms with Crippen LogP contribution in [-0.4, -0.2) is 56.3 Å². The van der Waals surface area contributed by atoms with Crippen molar-refractivity contribution in [1.82, 2.24) is 15.5 Å². The van der Waals surface area contributed by atoms with Crippen molar-refractivity contribution in [1.29, 1.82) is 0 Å². The van der Waals surface area contributed by atoms with Gasteiger partial charge in [0.15, 0.2) is 0 Å². The Labute approximate surface area is 116 Å². The summed E-state index contributed by atoms with van der Waals surface area (Å²) in [6.07, 6.45) is 2.00. The van der Waals surface area contributed by atoms with E-state index in [1.807, 2.05) is 17.7 Å². The highest BCUT2D eigenvalue weighted by molar-refractivity contribution is 7.98. The number of rotatable bonds is 5. The van der Waals surface area contributed by atoms with Gasteiger partial charge in [-0.25, -0.2) is 0 Å². The smallest absolute Gasteiger partial charge is 0.262 e. The van der Waals surface area contributed by atoms with Crippen LogP contribution < -0.4 is 10.6 Å². The van der Waals surface area contributed by atoms with Gasteiger partial charge in [-0.05, 0) is 17.7 Å². The zero-order valence-electron chi connectivity index (χ0n) is 10.6. The number of thiophene rings is 1. The maximum atomic E-state index is 12.0. The first-order chi connectivity index (χ1) is 8.81. The summed E-state index contributed by atoms with van der Waals surface area (Å²) in [5.41, 5.74) is 0. The summed E-state index contributed by atoms with van der Waals surface area (Å²) in [5.74, 6) is 0.0597. The van der Waals surface area contributed by atoms with Crippen LogP contribution in [0.5, 0.6) is 0 Å². The lowest BCUT2D eigenvalue weighted by atomic mass is 10.3. The van der Waals surface area contributed by atoms with Crippen molar-refractivity contribution in [2.45, 2.75) is 4.90 Å². The Kier molecular flexibility index (Phi) is 5.49. The number of nitrogens with zero attached hydrogens (tertiary/aromatic N) is 1. The molecule has 0 saturated carbocycles. The van der Waals surface area contributed by atoms with Crippen molar-refractivity contribution in [2.24, 2.45) is 0 Å². The summed E-state index contributed by atoms with van der Waals surface area (Å²) < 4.78 is 0. The molecule has 1 aliphatic heterocycles. The van der Waals surface area contributed by atoms with Crippen molar-refractivity contribution in [3.8, 4) is 0 Å². The summed E-state index contributed by atoms with van der Waals surface area (Å²) in [7, 11) is 0. The SMILES string of the molecule is CSc1ccsc1C(=O)NCCN1CCNCC1. The van der Waals surface area contributed by atoms with Crippen LogP contribution in [0.2, 0.25) is 0 Å². The minimum absolute atomic E-state index is 0.0597. The van der Waals surface area contributed by atoms with Gasteiger partial charge < -0.3 is 10.6 Å². The van der Waals surface area contributed by atoms with E-state index in [2.05, 4.69) is 15.5 Å². The molecule has 2 rings (SSSR count). The van der Waals surface area contributed by atoms with Gasteiger partial charge in [0.05, 0.1) is 0 Å². The average Bonchev–Trinajstić information content (AvgIpc) is 2.88. The van der Waals surface area contributed by atoms with Gasteiger partial charge in [-0.15, -0.1) is 23.1 Å². The molecule has 1 aromatic rings. The van der Waals surface area contributed by atoms with E-state index >= 15 is 0 Å². The highest BCUT2D eigenvalue weighted by atomic mass is 32.2. The zero-order valence-corrected chi connectivity index (χ0v) is 12.2. The lowest BCUT2D eigenvalue weighted by Gasteiger charge is -2.27. The third kappa shape index (κ3) is 3.71. The van der Waals surface area contributed by atoms with E-state index in [1.54, 1.807) is 11.8 Å². The van der Waals surface area contributed by atoms with Crippen molar-refractivity contribution < 1.29 is 4.79 Å². The van der Waals surface area contributed by atoms with Gasteiger partial charge >= 0.3 is 0 Å². The molecule has 6 heteroatoms. The van der Waals surface area contributed by atoms with Gasteiger partial charge in [-0.3, -0.25) is 9.69 Å². The number of piperazine rings is 1. The van der Waals surface area contributed by atoms with E-state index in [0.717, 1.165) is 49.0 Å². The lowest BCUT2D eigenvalue weighted by molar-refractivity contribution is 0.0948. The van der Waals surface area contributed by atoms with Gasteiger partial charge in [0.2, 0.25) is 0 Å². The average molecular weight is 285 g/mol. The van der Waals surface area contributed by atoms with Crippen LogP contribution in [0.25, 0.3) is 0 Å². The molecular weight excluding hydrogens is 266 g/mol. The molecule has 2 N–H and O–H groups in total. The molecule has 2 heterocycles. The first kappa shape index (κ1) is 13.9. The topological polar surface area (TPSA) is 44.4 Å². The summed E-state index contributed by atoms with van der Waals surface area (Å²) in [4.78, 5) is 16.3. The second-order valence-corrected chi connectivity index (χ2v) is 5.93. The molecule has 1 fully saturated rings. The molecule has 0 spiro atoms. The van der Waals surface area contributed by atoms with Crippen LogP contribution in [0.15, 0.2) is 16.3 Å². The van der Waals surface area contributed by atoms with E-state index in [1.165, 1.54) is 11.3 Å². The highest BCUT2D eigenvalue weighted by Gasteiger charge is 2.13. The Morgan fingerprint density at radius 1 is 1.56 bits per heavy atom. The Hall–Kier alpha value is -0.560. The largest absolute Gasteiger partial charge is 0.350 e. The molecule has 0 aliphatic carbocycles. The summed E-state index contributed by atoms with van der Waals surface area (Å²) in [6, 6.07) is 2.00. The van der Waals surface area contributed by atoms with E-state index < -0.39 is 0 Å². The van der Waals surface area contributed by atoms with Gasteiger partial charge in [0, 0.05) is 44.2 Å². The Bertz CT molecular complexity index is 388. The molecule has 1 aromatic heterocycles. The standard InChI is InChI=1S/C12H19N3OS2/c1-17-10-2-9-18-11(10)12(16)14-5-8-15-6-3-13-4-7-15/h2,9,13H,3-8H2,1H3,(H,14,16). The second-order valence-electron chi connectivity index (χ2n) is 4.17. The molecule has 0 radical (unpaired) electrons. The van der Waals surface area contributed by atoms with Gasteiger partial charge in [0.1, 0.15) is 4.88 Å². The molecule has 18 heavy (non-hydrogen) atoms. The maximum Gasteiger partial charge on any atom is 0.262 e. The first-order valence-electron chi connectivity index (χ1n) is 6.14. The van der Waals surface area contributed by atoms with E-state index in [9.17, 15) is 4.79 Å². The molecule has 1 saturated heterocycles. The van der Waals surface area contributed by atoms with Crippen molar-refractivity contribution >= 4 is 29.0 Å². The predicted molar refractivity (Wildman–Crippen MR) is 77.7 cm³/mol. The molecule has 100 valence electrons. The quantitative estimate of drug-likeness (QED) is 0.796. The van der Waals surface area contributed by atoms with Crippen molar-refractivity contribution in [3.63, 3.8) is 0 Å². The summed E-state index contributed by atoms with van der Waals surface area (Å²) >= 11 is 3.13. The summed E-state index contributed by atoms with van der Waals surface area (Å²) in [6.45, 7) is 5.92. The van der Waals surface area contributed by atoms with Gasteiger partial charge in [-0.1, -0.05) is 0 Å². The van der Waals surface area contributed by atoms with E-state index in [-0.39, 0.29) is 5.91 Å². The zero-order chi connectivity index (χ0) is 12.8. The first-order valence-corrected chi connectivity index (χ1v) is 8.24. The second kappa shape index (κ2) is 7.13. The maximum absolute atomic E-state index is 12.0. The Morgan fingerprint density at radius 2 is 2.33 bits per heavy atom. The highest BCUT2D eigenvalue weighted by Crippen LogP contribution is 2.25. The van der Waals surface area contributed by atoms with Crippen LogP contribution in [0.1, 0.15) is 9.67 Å². The van der Waals surface area contributed by atoms with E-state index in [0.29, 0.717) is 0 Å². The van der Waals surface area contributed by atoms with Gasteiger partial charge in [-0.2, -0.15) is 0 Å². The minimum Gasteiger partial charge on any atom is -0.350 e. The molecule has 4 nitrogen and oxygen atoms in total. The molecule has 0 bridgehead atoms.